The highest BCUT2D eigenvalue weighted by molar-refractivity contribution is 6.55. The number of piperidine rings is 1. The van der Waals surface area contributed by atoms with Crippen molar-refractivity contribution in [3.8, 4) is 0 Å². The fourth-order valence-corrected chi connectivity index (χ4v) is 3.00. The maximum absolute atomic E-state index is 12.1. The van der Waals surface area contributed by atoms with Gasteiger partial charge in [0.2, 0.25) is 11.8 Å². The summed E-state index contributed by atoms with van der Waals surface area (Å²) in [6, 6.07) is 6.17. The van der Waals surface area contributed by atoms with Gasteiger partial charge in [0.05, 0.1) is 17.1 Å². The summed E-state index contributed by atoms with van der Waals surface area (Å²) in [6.45, 7) is 4.28. The molecule has 1 aromatic heterocycles. The van der Waals surface area contributed by atoms with E-state index in [2.05, 4.69) is 43.7 Å². The summed E-state index contributed by atoms with van der Waals surface area (Å²) in [5.41, 5.74) is 2.92. The minimum Gasteiger partial charge on any atom is -0.296 e. The van der Waals surface area contributed by atoms with E-state index in [1.54, 1.807) is 0 Å². The first kappa shape index (κ1) is 14.8. The third-order valence-electron chi connectivity index (χ3n) is 4.00. The van der Waals surface area contributed by atoms with Gasteiger partial charge in [-0.2, -0.15) is 5.10 Å². The fraction of sp³-hybridized carbons (Fsp3) is 0.438. The molecule has 1 aliphatic rings. The van der Waals surface area contributed by atoms with E-state index in [1.165, 1.54) is 0 Å². The standard InChI is InChI=1S/C16H19BN3O2/c1-9(2)17-10-4-5-11-13(8-10)20(3)19-15(11)12-6-7-14(21)18-16(12)22/h4-5,8-9,12H,6-7H2,1-3H3,(H,18,21,22). The average Bonchev–Trinajstić information content (AvgIpc) is 2.75. The molecule has 6 heteroatoms. The first-order valence-electron chi connectivity index (χ1n) is 7.61. The number of carbonyl (C=O) groups is 2. The van der Waals surface area contributed by atoms with Crippen LogP contribution in [0.25, 0.3) is 10.9 Å². The summed E-state index contributed by atoms with van der Waals surface area (Å²) < 4.78 is 1.81. The topological polar surface area (TPSA) is 64.0 Å². The van der Waals surface area contributed by atoms with Gasteiger partial charge < -0.3 is 0 Å². The quantitative estimate of drug-likeness (QED) is 0.685. The maximum atomic E-state index is 12.1. The van der Waals surface area contributed by atoms with Gasteiger partial charge in [0, 0.05) is 18.9 Å². The Balaban J connectivity index is 2.01. The van der Waals surface area contributed by atoms with Crippen LogP contribution in [0, 0.1) is 0 Å². The molecule has 1 N–H and O–H groups in total. The number of nitrogens with one attached hydrogen (secondary N) is 1. The van der Waals surface area contributed by atoms with Gasteiger partial charge in [0.15, 0.2) is 7.28 Å². The molecule has 3 rings (SSSR count). The smallest absolute Gasteiger partial charge is 0.235 e. The molecule has 1 fully saturated rings. The van der Waals surface area contributed by atoms with E-state index in [0.717, 1.165) is 22.1 Å². The lowest BCUT2D eigenvalue weighted by atomic mass is 9.60. The number of aryl methyl sites for hydroxylation is 1. The molecule has 1 aliphatic heterocycles. The number of fused-ring (bicyclic) bond motifs is 1. The Morgan fingerprint density at radius 3 is 2.82 bits per heavy atom. The Morgan fingerprint density at radius 1 is 1.36 bits per heavy atom. The molecule has 1 radical (unpaired) electrons. The van der Waals surface area contributed by atoms with Crippen molar-refractivity contribution in [2.45, 2.75) is 38.4 Å². The molecule has 22 heavy (non-hydrogen) atoms. The van der Waals surface area contributed by atoms with Gasteiger partial charge in [0.25, 0.3) is 0 Å². The number of hydrogen-bond acceptors (Lipinski definition) is 3. The Morgan fingerprint density at radius 2 is 2.14 bits per heavy atom. The summed E-state index contributed by atoms with van der Waals surface area (Å²) in [5.74, 6) is -0.314. The Kier molecular flexibility index (Phi) is 3.77. The third-order valence-corrected chi connectivity index (χ3v) is 4.00. The molecule has 1 unspecified atom stereocenters. The van der Waals surface area contributed by atoms with Gasteiger partial charge in [-0.15, -0.1) is 0 Å². The first-order chi connectivity index (χ1) is 10.5. The molecule has 0 saturated carbocycles. The van der Waals surface area contributed by atoms with Gasteiger partial charge in [-0.25, -0.2) is 0 Å². The summed E-state index contributed by atoms with van der Waals surface area (Å²) in [6.07, 6.45) is 0.893. The van der Waals surface area contributed by atoms with Crippen molar-refractivity contribution in [2.24, 2.45) is 7.05 Å². The van der Waals surface area contributed by atoms with Crippen LogP contribution in [0.15, 0.2) is 18.2 Å². The minimum atomic E-state index is -0.346. The van der Waals surface area contributed by atoms with Crippen LogP contribution in [0.3, 0.4) is 0 Å². The molecule has 2 heterocycles. The molecule has 1 aromatic carbocycles. The summed E-state index contributed by atoms with van der Waals surface area (Å²) >= 11 is 0. The molecule has 0 bridgehead atoms. The van der Waals surface area contributed by atoms with Crippen LogP contribution in [-0.2, 0) is 16.6 Å². The van der Waals surface area contributed by atoms with E-state index in [-0.39, 0.29) is 17.7 Å². The largest absolute Gasteiger partial charge is 0.296 e. The molecule has 5 nitrogen and oxygen atoms in total. The third kappa shape index (κ3) is 2.65. The van der Waals surface area contributed by atoms with Gasteiger partial charge in [-0.05, 0) is 12.5 Å². The predicted molar refractivity (Wildman–Crippen MR) is 86.3 cm³/mol. The SMILES string of the molecule is CC(C)[B]c1ccc2c(C3CCC(=O)NC3=O)nn(C)c2c1. The summed E-state index contributed by atoms with van der Waals surface area (Å²) in [7, 11) is 4.08. The second kappa shape index (κ2) is 5.59. The zero-order chi connectivity index (χ0) is 15.9. The van der Waals surface area contributed by atoms with Gasteiger partial charge in [-0.3, -0.25) is 19.6 Å². The first-order valence-corrected chi connectivity index (χ1v) is 7.61. The average molecular weight is 296 g/mol. The van der Waals surface area contributed by atoms with Crippen molar-refractivity contribution in [2.75, 3.05) is 0 Å². The predicted octanol–water partition coefficient (Wildman–Crippen LogP) is 1.25. The van der Waals surface area contributed by atoms with E-state index < -0.39 is 0 Å². The summed E-state index contributed by atoms with van der Waals surface area (Å²) in [5, 5.41) is 7.93. The molecule has 0 spiro atoms. The van der Waals surface area contributed by atoms with Crippen molar-refractivity contribution in [3.63, 3.8) is 0 Å². The zero-order valence-electron chi connectivity index (χ0n) is 13.1. The van der Waals surface area contributed by atoms with Gasteiger partial charge in [0.1, 0.15) is 0 Å². The molecule has 1 atom stereocenters. The normalized spacial score (nSPS) is 18.8. The second-order valence-corrected chi connectivity index (χ2v) is 6.20. The fourth-order valence-electron chi connectivity index (χ4n) is 3.00. The highest BCUT2D eigenvalue weighted by atomic mass is 16.2. The highest BCUT2D eigenvalue weighted by Gasteiger charge is 2.31. The maximum Gasteiger partial charge on any atom is 0.235 e. The van der Waals surface area contributed by atoms with Crippen molar-refractivity contribution in [3.05, 3.63) is 23.9 Å². The Labute approximate surface area is 130 Å². The monoisotopic (exact) mass is 296 g/mol. The number of benzene rings is 1. The van der Waals surface area contributed by atoms with E-state index in [4.69, 9.17) is 0 Å². The van der Waals surface area contributed by atoms with Gasteiger partial charge in [-0.1, -0.05) is 37.3 Å². The molecule has 113 valence electrons. The second-order valence-electron chi connectivity index (χ2n) is 6.20. The molecule has 2 aromatic rings. The highest BCUT2D eigenvalue weighted by Crippen LogP contribution is 2.29. The zero-order valence-corrected chi connectivity index (χ0v) is 13.1. The Hall–Kier alpha value is -2.11. The van der Waals surface area contributed by atoms with Crippen molar-refractivity contribution >= 4 is 35.5 Å². The number of aromatic nitrogens is 2. The lowest BCUT2D eigenvalue weighted by Gasteiger charge is -2.19. The molecule has 1 saturated heterocycles. The minimum absolute atomic E-state index is 0.199. The molecule has 2 amide bonds. The lowest BCUT2D eigenvalue weighted by molar-refractivity contribution is -0.134. The van der Waals surface area contributed by atoms with Crippen molar-refractivity contribution in [1.82, 2.24) is 15.1 Å². The number of rotatable bonds is 3. The number of carbonyl (C=O) groups excluding carboxylic acids is 2. The van der Waals surface area contributed by atoms with Crippen LogP contribution in [0.4, 0.5) is 0 Å². The van der Waals surface area contributed by atoms with Crippen molar-refractivity contribution in [1.29, 1.82) is 0 Å². The van der Waals surface area contributed by atoms with E-state index in [0.29, 0.717) is 18.7 Å². The summed E-state index contributed by atoms with van der Waals surface area (Å²) in [4.78, 5) is 23.4. The van der Waals surface area contributed by atoms with Crippen LogP contribution in [0.5, 0.6) is 0 Å². The Bertz CT molecular complexity index is 751. The van der Waals surface area contributed by atoms with Crippen molar-refractivity contribution < 1.29 is 9.59 Å². The van der Waals surface area contributed by atoms with Crippen LogP contribution in [-0.4, -0.2) is 28.9 Å². The van der Waals surface area contributed by atoms with Crippen LogP contribution in [0.1, 0.15) is 38.3 Å². The molecule has 0 aliphatic carbocycles. The van der Waals surface area contributed by atoms with Gasteiger partial charge >= 0.3 is 0 Å². The van der Waals surface area contributed by atoms with Crippen LogP contribution >= 0.6 is 0 Å². The van der Waals surface area contributed by atoms with E-state index in [1.807, 2.05) is 17.8 Å². The number of imide groups is 1. The molecular formula is C16H19BN3O2. The lowest BCUT2D eigenvalue weighted by Crippen LogP contribution is -2.39. The number of hydrogen-bond donors (Lipinski definition) is 1. The number of amides is 2. The number of nitrogens with zero attached hydrogens (tertiary/aromatic N) is 2. The van der Waals surface area contributed by atoms with E-state index >= 15 is 0 Å². The van der Waals surface area contributed by atoms with Crippen LogP contribution in [0.2, 0.25) is 5.82 Å². The molecular weight excluding hydrogens is 277 g/mol. The van der Waals surface area contributed by atoms with Crippen LogP contribution < -0.4 is 10.8 Å². The van der Waals surface area contributed by atoms with E-state index in [9.17, 15) is 9.59 Å².